The lowest BCUT2D eigenvalue weighted by Gasteiger charge is -2.06. The Hall–Kier alpha value is -2.27. The Kier molecular flexibility index (Phi) is 4.15. The van der Waals surface area contributed by atoms with Crippen LogP contribution in [0.2, 0.25) is 0 Å². The van der Waals surface area contributed by atoms with Crippen LogP contribution in [0.25, 0.3) is 10.9 Å². The van der Waals surface area contributed by atoms with Gasteiger partial charge in [-0.3, -0.25) is 4.79 Å². The van der Waals surface area contributed by atoms with Crippen molar-refractivity contribution in [3.63, 3.8) is 0 Å². The number of ether oxygens (including phenoxy) is 1. The predicted molar refractivity (Wildman–Crippen MR) is 89.6 cm³/mol. The Bertz CT molecular complexity index is 790. The standard InChI is InChI=1S/C17H18N2O2S/c1-3-21-13-6-7-15-12(9-13)10-16(19(15)2)17(20)18-11-14-5-4-8-22-14/h4-10H,3,11H2,1-2H3,(H,18,20). The van der Waals surface area contributed by atoms with Gasteiger partial charge in [-0.05, 0) is 42.6 Å². The van der Waals surface area contributed by atoms with Crippen LogP contribution in [-0.4, -0.2) is 17.1 Å². The number of fused-ring (bicyclic) bond motifs is 1. The molecule has 2 aromatic heterocycles. The SMILES string of the molecule is CCOc1ccc2c(c1)cc(C(=O)NCc1cccs1)n2C. The third kappa shape index (κ3) is 2.85. The number of hydrogen-bond acceptors (Lipinski definition) is 3. The summed E-state index contributed by atoms with van der Waals surface area (Å²) in [5.74, 6) is 0.760. The number of carbonyl (C=O) groups is 1. The molecular formula is C17H18N2O2S. The third-order valence-corrected chi connectivity index (χ3v) is 4.44. The average Bonchev–Trinajstić information content (AvgIpc) is 3.13. The molecule has 0 saturated heterocycles. The second kappa shape index (κ2) is 6.23. The zero-order valence-corrected chi connectivity index (χ0v) is 13.4. The molecule has 0 aliphatic heterocycles. The number of aryl methyl sites for hydroxylation is 1. The van der Waals surface area contributed by atoms with Crippen LogP contribution in [0.5, 0.6) is 5.75 Å². The quantitative estimate of drug-likeness (QED) is 0.782. The molecule has 0 spiro atoms. The second-order valence-electron chi connectivity index (χ2n) is 5.00. The lowest BCUT2D eigenvalue weighted by Crippen LogP contribution is -2.24. The van der Waals surface area contributed by atoms with Crippen LogP contribution >= 0.6 is 11.3 Å². The third-order valence-electron chi connectivity index (χ3n) is 3.56. The topological polar surface area (TPSA) is 43.3 Å². The largest absolute Gasteiger partial charge is 0.494 e. The van der Waals surface area contributed by atoms with Gasteiger partial charge in [-0.1, -0.05) is 6.07 Å². The Labute approximate surface area is 133 Å². The maximum Gasteiger partial charge on any atom is 0.268 e. The van der Waals surface area contributed by atoms with Crippen molar-refractivity contribution in [1.82, 2.24) is 9.88 Å². The van der Waals surface area contributed by atoms with E-state index in [1.54, 1.807) is 11.3 Å². The van der Waals surface area contributed by atoms with Gasteiger partial charge < -0.3 is 14.6 Å². The van der Waals surface area contributed by atoms with Crippen LogP contribution in [0, 0.1) is 0 Å². The maximum absolute atomic E-state index is 12.4. The van der Waals surface area contributed by atoms with Gasteiger partial charge in [0.15, 0.2) is 0 Å². The molecule has 5 heteroatoms. The summed E-state index contributed by atoms with van der Waals surface area (Å²) in [4.78, 5) is 13.5. The van der Waals surface area contributed by atoms with Gasteiger partial charge in [0.05, 0.1) is 13.2 Å². The highest BCUT2D eigenvalue weighted by molar-refractivity contribution is 7.09. The van der Waals surface area contributed by atoms with Crippen LogP contribution in [-0.2, 0) is 13.6 Å². The fourth-order valence-electron chi connectivity index (χ4n) is 2.47. The minimum atomic E-state index is -0.0648. The molecule has 22 heavy (non-hydrogen) atoms. The first-order chi connectivity index (χ1) is 10.7. The zero-order chi connectivity index (χ0) is 15.5. The molecule has 0 bridgehead atoms. The zero-order valence-electron chi connectivity index (χ0n) is 12.6. The van der Waals surface area contributed by atoms with Crippen LogP contribution in [0.3, 0.4) is 0 Å². The first-order valence-electron chi connectivity index (χ1n) is 7.22. The summed E-state index contributed by atoms with van der Waals surface area (Å²) in [6.45, 7) is 3.15. The summed E-state index contributed by atoms with van der Waals surface area (Å²) < 4.78 is 7.42. The van der Waals surface area contributed by atoms with Crippen molar-refractivity contribution >= 4 is 28.1 Å². The number of thiophene rings is 1. The lowest BCUT2D eigenvalue weighted by atomic mass is 10.2. The van der Waals surface area contributed by atoms with Crippen molar-refractivity contribution < 1.29 is 9.53 Å². The number of amides is 1. The molecule has 0 saturated carbocycles. The van der Waals surface area contributed by atoms with E-state index in [0.717, 1.165) is 21.5 Å². The normalized spacial score (nSPS) is 10.8. The minimum Gasteiger partial charge on any atom is -0.494 e. The summed E-state index contributed by atoms with van der Waals surface area (Å²) in [6, 6.07) is 11.8. The van der Waals surface area contributed by atoms with Crippen molar-refractivity contribution in [1.29, 1.82) is 0 Å². The molecular weight excluding hydrogens is 296 g/mol. The summed E-state index contributed by atoms with van der Waals surface area (Å²) in [6.07, 6.45) is 0. The average molecular weight is 314 g/mol. The van der Waals surface area contributed by atoms with Gasteiger partial charge in [-0.2, -0.15) is 0 Å². The van der Waals surface area contributed by atoms with E-state index in [-0.39, 0.29) is 5.91 Å². The fourth-order valence-corrected chi connectivity index (χ4v) is 3.12. The minimum absolute atomic E-state index is 0.0648. The van der Waals surface area contributed by atoms with Crippen LogP contribution < -0.4 is 10.1 Å². The number of aromatic nitrogens is 1. The summed E-state index contributed by atoms with van der Waals surface area (Å²) in [5, 5.41) is 5.98. The van der Waals surface area contributed by atoms with Gasteiger partial charge in [0.25, 0.3) is 5.91 Å². The Morgan fingerprint density at radius 3 is 2.91 bits per heavy atom. The van der Waals surface area contributed by atoms with E-state index in [1.165, 1.54) is 0 Å². The number of benzene rings is 1. The molecule has 4 nitrogen and oxygen atoms in total. The number of nitrogens with zero attached hydrogens (tertiary/aromatic N) is 1. The molecule has 1 aromatic carbocycles. The van der Waals surface area contributed by atoms with Crippen molar-refractivity contribution in [3.8, 4) is 5.75 Å². The number of carbonyl (C=O) groups excluding carboxylic acids is 1. The van der Waals surface area contributed by atoms with Crippen molar-refractivity contribution in [2.24, 2.45) is 7.05 Å². The van der Waals surface area contributed by atoms with Gasteiger partial charge >= 0.3 is 0 Å². The van der Waals surface area contributed by atoms with Gasteiger partial charge in [0, 0.05) is 22.8 Å². The Balaban J connectivity index is 1.83. The molecule has 0 radical (unpaired) electrons. The van der Waals surface area contributed by atoms with E-state index in [0.29, 0.717) is 18.8 Å². The van der Waals surface area contributed by atoms with Crippen molar-refractivity contribution in [2.75, 3.05) is 6.61 Å². The first-order valence-corrected chi connectivity index (χ1v) is 8.10. The molecule has 0 fully saturated rings. The Morgan fingerprint density at radius 2 is 2.18 bits per heavy atom. The van der Waals surface area contributed by atoms with Crippen molar-refractivity contribution in [2.45, 2.75) is 13.5 Å². The van der Waals surface area contributed by atoms with Gasteiger partial charge in [-0.15, -0.1) is 11.3 Å². The predicted octanol–water partition coefficient (Wildman–Crippen LogP) is 3.57. The van der Waals surface area contributed by atoms with Crippen LogP contribution in [0.15, 0.2) is 41.8 Å². The second-order valence-corrected chi connectivity index (χ2v) is 6.04. The number of nitrogens with one attached hydrogen (secondary N) is 1. The summed E-state index contributed by atoms with van der Waals surface area (Å²) in [5.41, 5.74) is 1.67. The highest BCUT2D eigenvalue weighted by Gasteiger charge is 2.13. The van der Waals surface area contributed by atoms with Crippen LogP contribution in [0.4, 0.5) is 0 Å². The number of rotatable bonds is 5. The molecule has 114 valence electrons. The van der Waals surface area contributed by atoms with Crippen molar-refractivity contribution in [3.05, 3.63) is 52.3 Å². The first kappa shape index (κ1) is 14.7. The molecule has 0 atom stereocenters. The highest BCUT2D eigenvalue weighted by atomic mass is 32.1. The molecule has 0 unspecified atom stereocenters. The smallest absolute Gasteiger partial charge is 0.268 e. The van der Waals surface area contributed by atoms with Crippen LogP contribution in [0.1, 0.15) is 22.3 Å². The van der Waals surface area contributed by atoms with E-state index < -0.39 is 0 Å². The fraction of sp³-hybridized carbons (Fsp3) is 0.235. The maximum atomic E-state index is 12.4. The summed E-state index contributed by atoms with van der Waals surface area (Å²) in [7, 11) is 1.91. The number of hydrogen-bond donors (Lipinski definition) is 1. The Morgan fingerprint density at radius 1 is 1.32 bits per heavy atom. The van der Waals surface area contributed by atoms with E-state index in [2.05, 4.69) is 5.32 Å². The highest BCUT2D eigenvalue weighted by Crippen LogP contribution is 2.24. The molecule has 1 N–H and O–H groups in total. The molecule has 0 aliphatic rings. The van der Waals surface area contributed by atoms with E-state index >= 15 is 0 Å². The monoisotopic (exact) mass is 314 g/mol. The molecule has 3 rings (SSSR count). The van der Waals surface area contributed by atoms with E-state index in [1.807, 2.05) is 60.3 Å². The molecule has 0 aliphatic carbocycles. The molecule has 3 aromatic rings. The molecule has 1 amide bonds. The lowest BCUT2D eigenvalue weighted by molar-refractivity contribution is 0.0943. The molecule has 2 heterocycles. The van der Waals surface area contributed by atoms with Gasteiger partial charge in [0.2, 0.25) is 0 Å². The summed E-state index contributed by atoms with van der Waals surface area (Å²) >= 11 is 1.64. The van der Waals surface area contributed by atoms with E-state index in [4.69, 9.17) is 4.74 Å². The van der Waals surface area contributed by atoms with Gasteiger partial charge in [0.1, 0.15) is 11.4 Å². The van der Waals surface area contributed by atoms with E-state index in [9.17, 15) is 4.79 Å². The van der Waals surface area contributed by atoms with Gasteiger partial charge in [-0.25, -0.2) is 0 Å².